The van der Waals surface area contributed by atoms with Gasteiger partial charge in [-0.1, -0.05) is 31.0 Å². The van der Waals surface area contributed by atoms with Crippen LogP contribution in [0.4, 0.5) is 10.5 Å². The largest absolute Gasteiger partial charge is 0.338 e. The molecule has 0 atom stereocenters. The van der Waals surface area contributed by atoms with E-state index in [4.69, 9.17) is 0 Å². The number of hydrogen-bond acceptors (Lipinski definition) is 3. The van der Waals surface area contributed by atoms with Crippen molar-refractivity contribution in [1.82, 2.24) is 5.32 Å². The molecule has 0 aliphatic rings. The summed E-state index contributed by atoms with van der Waals surface area (Å²) in [7, 11) is 0. The number of carbonyl (C=O) groups is 1. The quantitative estimate of drug-likeness (QED) is 0.429. The maximum atomic E-state index is 11.5. The van der Waals surface area contributed by atoms with Gasteiger partial charge in [0.25, 0.3) is 0 Å². The van der Waals surface area contributed by atoms with E-state index in [-0.39, 0.29) is 6.03 Å². The summed E-state index contributed by atoms with van der Waals surface area (Å²) in [6.07, 6.45) is 5.36. The van der Waals surface area contributed by atoms with Crippen LogP contribution in [-0.2, 0) is 4.79 Å². The molecule has 0 unspecified atom stereocenters. The van der Waals surface area contributed by atoms with Crippen LogP contribution in [0.5, 0.6) is 0 Å². The van der Waals surface area contributed by atoms with Crippen molar-refractivity contribution in [1.29, 1.82) is 0 Å². The van der Waals surface area contributed by atoms with Crippen molar-refractivity contribution in [2.75, 3.05) is 18.4 Å². The van der Waals surface area contributed by atoms with Crippen LogP contribution in [0.15, 0.2) is 35.3 Å². The monoisotopic (exact) mass is 261 g/mol. The van der Waals surface area contributed by atoms with E-state index in [2.05, 4.69) is 15.6 Å². The zero-order valence-corrected chi connectivity index (χ0v) is 10.9. The molecule has 0 saturated carbocycles. The number of carbonyl (C=O) groups excluding carboxylic acids is 2. The molecule has 5 nitrogen and oxygen atoms in total. The van der Waals surface area contributed by atoms with Crippen LogP contribution in [-0.4, -0.2) is 25.2 Å². The van der Waals surface area contributed by atoms with Gasteiger partial charge < -0.3 is 10.6 Å². The Hall–Kier alpha value is -2.13. The Bertz CT molecular complexity index is 414. The Kier molecular flexibility index (Phi) is 7.74. The van der Waals surface area contributed by atoms with Gasteiger partial charge >= 0.3 is 6.03 Å². The Morgan fingerprint density at radius 3 is 2.58 bits per heavy atom. The van der Waals surface area contributed by atoms with Crippen LogP contribution < -0.4 is 10.6 Å². The normalized spacial score (nSPS) is 9.47. The maximum absolute atomic E-state index is 11.5. The van der Waals surface area contributed by atoms with Gasteiger partial charge in [-0.15, -0.1) is 0 Å². The van der Waals surface area contributed by atoms with Crippen molar-refractivity contribution >= 4 is 17.8 Å². The minimum atomic E-state index is -0.184. The zero-order chi connectivity index (χ0) is 13.8. The topological polar surface area (TPSA) is 70.6 Å². The van der Waals surface area contributed by atoms with Crippen molar-refractivity contribution in [2.24, 2.45) is 4.99 Å². The average molecular weight is 261 g/mol. The fourth-order valence-electron chi connectivity index (χ4n) is 1.61. The van der Waals surface area contributed by atoms with Crippen LogP contribution >= 0.6 is 0 Å². The molecule has 0 heterocycles. The lowest BCUT2D eigenvalue weighted by atomic mass is 10.2. The lowest BCUT2D eigenvalue weighted by molar-refractivity contribution is 0.252. The first-order valence-corrected chi connectivity index (χ1v) is 6.46. The van der Waals surface area contributed by atoms with Crippen molar-refractivity contribution in [3.05, 3.63) is 30.3 Å². The summed E-state index contributed by atoms with van der Waals surface area (Å²) in [6, 6.07) is 9.14. The van der Waals surface area contributed by atoms with Gasteiger partial charge in [0.15, 0.2) is 0 Å². The highest BCUT2D eigenvalue weighted by atomic mass is 16.2. The molecule has 1 rings (SSSR count). The number of aliphatic imine (C=N–C) groups is 1. The van der Waals surface area contributed by atoms with Gasteiger partial charge in [-0.05, 0) is 25.0 Å². The average Bonchev–Trinajstić information content (AvgIpc) is 2.43. The summed E-state index contributed by atoms with van der Waals surface area (Å²) in [4.78, 5) is 24.8. The molecule has 1 aromatic carbocycles. The van der Waals surface area contributed by atoms with Crippen LogP contribution in [0.1, 0.15) is 25.7 Å². The number of para-hydroxylation sites is 1. The van der Waals surface area contributed by atoms with Crippen LogP contribution in [0.2, 0.25) is 0 Å². The molecule has 0 aliphatic heterocycles. The lowest BCUT2D eigenvalue weighted by Gasteiger charge is -2.07. The molecule has 0 aliphatic carbocycles. The number of isocyanates is 1. The number of urea groups is 1. The molecule has 0 fully saturated rings. The number of rotatable bonds is 8. The first kappa shape index (κ1) is 14.9. The zero-order valence-electron chi connectivity index (χ0n) is 10.9. The van der Waals surface area contributed by atoms with Gasteiger partial charge in [0.1, 0.15) is 0 Å². The third-order valence-corrected chi connectivity index (χ3v) is 2.58. The fourth-order valence-corrected chi connectivity index (χ4v) is 1.61. The van der Waals surface area contributed by atoms with E-state index in [1.165, 1.54) is 6.08 Å². The van der Waals surface area contributed by atoms with E-state index >= 15 is 0 Å². The molecule has 0 saturated heterocycles. The van der Waals surface area contributed by atoms with Crippen LogP contribution in [0.3, 0.4) is 0 Å². The molecular formula is C14H19N3O2. The molecule has 1 aromatic rings. The second-order valence-electron chi connectivity index (χ2n) is 4.13. The van der Waals surface area contributed by atoms with E-state index in [0.29, 0.717) is 13.1 Å². The highest BCUT2D eigenvalue weighted by molar-refractivity contribution is 5.89. The number of amides is 2. The minimum absolute atomic E-state index is 0.184. The van der Waals surface area contributed by atoms with Gasteiger partial charge in [0.05, 0.1) is 6.54 Å². The summed E-state index contributed by atoms with van der Waals surface area (Å²) in [5, 5.41) is 5.55. The number of unbranched alkanes of at least 4 members (excludes halogenated alkanes) is 3. The third-order valence-electron chi connectivity index (χ3n) is 2.58. The predicted molar refractivity (Wildman–Crippen MR) is 74.9 cm³/mol. The molecule has 2 N–H and O–H groups in total. The molecule has 0 aromatic heterocycles. The van der Waals surface area contributed by atoms with Gasteiger partial charge in [0, 0.05) is 12.2 Å². The van der Waals surface area contributed by atoms with E-state index in [1.807, 2.05) is 30.3 Å². The second-order valence-corrected chi connectivity index (χ2v) is 4.13. The predicted octanol–water partition coefficient (Wildman–Crippen LogP) is 2.70. The second kappa shape index (κ2) is 9.85. The van der Waals surface area contributed by atoms with Gasteiger partial charge in [-0.25, -0.2) is 14.6 Å². The summed E-state index contributed by atoms with van der Waals surface area (Å²) < 4.78 is 0. The molecule has 0 bridgehead atoms. The summed E-state index contributed by atoms with van der Waals surface area (Å²) in [5.41, 5.74) is 0.784. The first-order chi connectivity index (χ1) is 9.33. The third kappa shape index (κ3) is 7.73. The Balaban J connectivity index is 2.00. The Morgan fingerprint density at radius 1 is 1.11 bits per heavy atom. The molecule has 102 valence electrons. The van der Waals surface area contributed by atoms with Crippen molar-refractivity contribution in [3.63, 3.8) is 0 Å². The van der Waals surface area contributed by atoms with E-state index in [1.54, 1.807) is 0 Å². The van der Waals surface area contributed by atoms with Crippen LogP contribution in [0.25, 0.3) is 0 Å². The highest BCUT2D eigenvalue weighted by Crippen LogP contribution is 2.04. The molecule has 0 radical (unpaired) electrons. The number of hydrogen-bond donors (Lipinski definition) is 2. The summed E-state index contributed by atoms with van der Waals surface area (Å²) in [5.74, 6) is 0. The minimum Gasteiger partial charge on any atom is -0.338 e. The SMILES string of the molecule is O=C=NCCCCCCNC(=O)Nc1ccccc1. The Labute approximate surface area is 113 Å². The molecular weight excluding hydrogens is 242 g/mol. The molecule has 5 heteroatoms. The van der Waals surface area contributed by atoms with Crippen molar-refractivity contribution in [2.45, 2.75) is 25.7 Å². The fraction of sp³-hybridized carbons (Fsp3) is 0.429. The first-order valence-electron chi connectivity index (χ1n) is 6.46. The number of nitrogens with zero attached hydrogens (tertiary/aromatic N) is 1. The smallest absolute Gasteiger partial charge is 0.319 e. The summed E-state index contributed by atoms with van der Waals surface area (Å²) in [6.45, 7) is 1.20. The van der Waals surface area contributed by atoms with Crippen molar-refractivity contribution < 1.29 is 9.59 Å². The van der Waals surface area contributed by atoms with Crippen molar-refractivity contribution in [3.8, 4) is 0 Å². The van der Waals surface area contributed by atoms with Gasteiger partial charge in [-0.2, -0.15) is 0 Å². The lowest BCUT2D eigenvalue weighted by Crippen LogP contribution is -2.29. The van der Waals surface area contributed by atoms with Crippen LogP contribution in [0, 0.1) is 0 Å². The van der Waals surface area contributed by atoms with E-state index in [0.717, 1.165) is 31.4 Å². The maximum Gasteiger partial charge on any atom is 0.319 e. The number of anilines is 1. The van der Waals surface area contributed by atoms with Gasteiger partial charge in [0.2, 0.25) is 6.08 Å². The highest BCUT2D eigenvalue weighted by Gasteiger charge is 1.99. The number of nitrogens with one attached hydrogen (secondary N) is 2. The number of benzene rings is 1. The standard InChI is InChI=1S/C14H19N3O2/c18-12-15-10-6-1-2-7-11-16-14(19)17-13-8-4-3-5-9-13/h3-5,8-9H,1-2,6-7,10-11H2,(H2,16,17,19). The van der Waals surface area contributed by atoms with Gasteiger partial charge in [-0.3, -0.25) is 0 Å². The summed E-state index contributed by atoms with van der Waals surface area (Å²) >= 11 is 0. The van der Waals surface area contributed by atoms with E-state index in [9.17, 15) is 9.59 Å². The van der Waals surface area contributed by atoms with E-state index < -0.39 is 0 Å². The molecule has 2 amide bonds. The molecule has 19 heavy (non-hydrogen) atoms. The Morgan fingerprint density at radius 2 is 1.84 bits per heavy atom. The molecule has 0 spiro atoms.